The van der Waals surface area contributed by atoms with Crippen LogP contribution in [-0.2, 0) is 4.79 Å². The van der Waals surface area contributed by atoms with Gasteiger partial charge in [-0.25, -0.2) is 5.53 Å². The SMILES string of the molecule is N=N/C(=C\Nc1ccc(C(=O)N2CCNCC2)cc1)CC(=O)O. The fraction of sp³-hybridized carbons (Fsp3) is 0.333. The van der Waals surface area contributed by atoms with Crippen LogP contribution in [0.5, 0.6) is 0 Å². The van der Waals surface area contributed by atoms with Gasteiger partial charge in [-0.3, -0.25) is 9.59 Å². The summed E-state index contributed by atoms with van der Waals surface area (Å²) in [7, 11) is 0. The van der Waals surface area contributed by atoms with E-state index in [0.29, 0.717) is 24.3 Å². The molecule has 0 aromatic heterocycles. The van der Waals surface area contributed by atoms with Crippen LogP contribution in [0.25, 0.3) is 0 Å². The summed E-state index contributed by atoms with van der Waals surface area (Å²) in [5.41, 5.74) is 8.33. The molecule has 1 amide bonds. The zero-order valence-electron chi connectivity index (χ0n) is 12.6. The molecule has 1 heterocycles. The molecule has 0 saturated carbocycles. The molecule has 4 N–H and O–H groups in total. The van der Waals surface area contributed by atoms with Crippen LogP contribution in [0.1, 0.15) is 16.8 Å². The fourth-order valence-corrected chi connectivity index (χ4v) is 2.20. The lowest BCUT2D eigenvalue weighted by atomic mass is 10.1. The number of benzene rings is 1. The van der Waals surface area contributed by atoms with Crippen molar-refractivity contribution >= 4 is 17.6 Å². The van der Waals surface area contributed by atoms with Gasteiger partial charge in [0.15, 0.2) is 0 Å². The van der Waals surface area contributed by atoms with Crippen LogP contribution in [0.15, 0.2) is 41.3 Å². The number of nitrogens with zero attached hydrogens (tertiary/aromatic N) is 2. The van der Waals surface area contributed by atoms with Crippen LogP contribution >= 0.6 is 0 Å². The average molecular weight is 317 g/mol. The van der Waals surface area contributed by atoms with E-state index in [1.54, 1.807) is 24.3 Å². The number of carbonyl (C=O) groups excluding carboxylic acids is 1. The number of hydrogen-bond donors (Lipinski definition) is 4. The summed E-state index contributed by atoms with van der Waals surface area (Å²) in [6.07, 6.45) is 1.05. The van der Waals surface area contributed by atoms with Crippen molar-refractivity contribution in [2.75, 3.05) is 31.5 Å². The molecule has 1 fully saturated rings. The van der Waals surface area contributed by atoms with Gasteiger partial charge < -0.3 is 20.6 Å². The molecule has 0 radical (unpaired) electrons. The molecular formula is C15H19N5O3. The predicted octanol–water partition coefficient (Wildman–Crippen LogP) is 1.49. The molecule has 0 atom stereocenters. The predicted molar refractivity (Wildman–Crippen MR) is 84.3 cm³/mol. The number of amides is 1. The van der Waals surface area contributed by atoms with Gasteiger partial charge in [-0.1, -0.05) is 0 Å². The Kier molecular flexibility index (Phi) is 5.81. The summed E-state index contributed by atoms with van der Waals surface area (Å²) in [6.45, 7) is 3.01. The first-order valence-corrected chi connectivity index (χ1v) is 7.25. The van der Waals surface area contributed by atoms with Crippen molar-refractivity contribution in [2.45, 2.75) is 6.42 Å². The molecule has 8 nitrogen and oxygen atoms in total. The lowest BCUT2D eigenvalue weighted by Crippen LogP contribution is -2.46. The maximum absolute atomic E-state index is 12.3. The number of carbonyl (C=O) groups is 2. The normalized spacial score (nSPS) is 15.1. The molecule has 0 aliphatic carbocycles. The maximum atomic E-state index is 12.3. The molecule has 1 saturated heterocycles. The molecule has 2 rings (SSSR count). The molecule has 8 heteroatoms. The van der Waals surface area contributed by atoms with Crippen molar-refractivity contribution in [3.05, 3.63) is 41.7 Å². The highest BCUT2D eigenvalue weighted by atomic mass is 16.4. The van der Waals surface area contributed by atoms with E-state index >= 15 is 0 Å². The lowest BCUT2D eigenvalue weighted by Gasteiger charge is -2.27. The number of nitrogens with one attached hydrogen (secondary N) is 3. The second-order valence-electron chi connectivity index (χ2n) is 5.08. The first kappa shape index (κ1) is 16.6. The fourth-order valence-electron chi connectivity index (χ4n) is 2.20. The van der Waals surface area contributed by atoms with Crippen LogP contribution in [0.2, 0.25) is 0 Å². The second kappa shape index (κ2) is 8.04. The Labute approximate surface area is 133 Å². The van der Waals surface area contributed by atoms with Crippen molar-refractivity contribution in [3.63, 3.8) is 0 Å². The number of anilines is 1. The third-order valence-corrected chi connectivity index (χ3v) is 3.42. The third kappa shape index (κ3) is 4.89. The van der Waals surface area contributed by atoms with Crippen LogP contribution in [0.3, 0.4) is 0 Å². The van der Waals surface area contributed by atoms with Crippen molar-refractivity contribution in [1.82, 2.24) is 10.2 Å². The van der Waals surface area contributed by atoms with Gasteiger partial charge in [-0.05, 0) is 24.3 Å². The number of rotatable bonds is 6. The van der Waals surface area contributed by atoms with Gasteiger partial charge in [-0.2, -0.15) is 5.11 Å². The number of hydrogen-bond acceptors (Lipinski definition) is 6. The largest absolute Gasteiger partial charge is 0.481 e. The first-order chi connectivity index (χ1) is 11.1. The summed E-state index contributed by atoms with van der Waals surface area (Å²) in [5, 5.41) is 17.9. The number of piperazine rings is 1. The molecule has 23 heavy (non-hydrogen) atoms. The summed E-state index contributed by atoms with van der Waals surface area (Å²) in [4.78, 5) is 24.7. The van der Waals surface area contributed by atoms with E-state index in [1.165, 1.54) is 6.20 Å². The van der Waals surface area contributed by atoms with E-state index in [9.17, 15) is 9.59 Å². The second-order valence-corrected chi connectivity index (χ2v) is 5.08. The topological polar surface area (TPSA) is 118 Å². The molecule has 1 aromatic carbocycles. The third-order valence-electron chi connectivity index (χ3n) is 3.42. The minimum Gasteiger partial charge on any atom is -0.481 e. The van der Waals surface area contributed by atoms with Crippen molar-refractivity contribution in [3.8, 4) is 0 Å². The minimum atomic E-state index is -1.05. The van der Waals surface area contributed by atoms with Crippen LogP contribution in [0, 0.1) is 5.53 Å². The molecule has 1 aliphatic rings. The molecular weight excluding hydrogens is 298 g/mol. The molecule has 0 unspecified atom stereocenters. The molecule has 1 aromatic rings. The standard InChI is InChI=1S/C15H19N5O3/c16-19-13(9-14(21)22)10-18-12-3-1-11(2-4-12)15(23)20-7-5-17-6-8-20/h1-4,10,16-18H,5-9H2,(H,21,22)/b13-10-,19-16?. The van der Waals surface area contributed by atoms with Gasteiger partial charge in [0, 0.05) is 43.6 Å². The Hall–Kier alpha value is -2.74. The van der Waals surface area contributed by atoms with Crippen molar-refractivity contribution in [1.29, 1.82) is 5.53 Å². The lowest BCUT2D eigenvalue weighted by molar-refractivity contribution is -0.136. The molecule has 0 bridgehead atoms. The zero-order valence-corrected chi connectivity index (χ0v) is 12.6. The van der Waals surface area contributed by atoms with Crippen LogP contribution in [-0.4, -0.2) is 48.1 Å². The molecule has 1 aliphatic heterocycles. The van der Waals surface area contributed by atoms with E-state index in [-0.39, 0.29) is 18.0 Å². The first-order valence-electron chi connectivity index (χ1n) is 7.25. The van der Waals surface area contributed by atoms with Gasteiger partial charge in [-0.15, -0.1) is 0 Å². The Bertz CT molecular complexity index is 606. The maximum Gasteiger partial charge on any atom is 0.309 e. The zero-order chi connectivity index (χ0) is 16.7. The molecule has 0 spiro atoms. The van der Waals surface area contributed by atoms with Crippen LogP contribution < -0.4 is 10.6 Å². The minimum absolute atomic E-state index is 0.00122. The summed E-state index contributed by atoms with van der Waals surface area (Å²) in [5.74, 6) is -1.05. The summed E-state index contributed by atoms with van der Waals surface area (Å²) < 4.78 is 0. The quantitative estimate of drug-likeness (QED) is 0.593. The smallest absolute Gasteiger partial charge is 0.309 e. The Morgan fingerprint density at radius 3 is 2.52 bits per heavy atom. The Morgan fingerprint density at radius 1 is 1.30 bits per heavy atom. The van der Waals surface area contributed by atoms with Gasteiger partial charge in [0.05, 0.1) is 12.1 Å². The highest BCUT2D eigenvalue weighted by molar-refractivity contribution is 5.94. The van der Waals surface area contributed by atoms with Crippen molar-refractivity contribution in [2.24, 2.45) is 5.11 Å². The highest BCUT2D eigenvalue weighted by Crippen LogP contribution is 2.13. The van der Waals surface area contributed by atoms with Crippen LogP contribution in [0.4, 0.5) is 5.69 Å². The number of carboxylic acids is 1. The number of carboxylic acid groups (broad SMARTS) is 1. The van der Waals surface area contributed by atoms with E-state index in [2.05, 4.69) is 15.7 Å². The summed E-state index contributed by atoms with van der Waals surface area (Å²) >= 11 is 0. The Morgan fingerprint density at radius 2 is 1.96 bits per heavy atom. The van der Waals surface area contributed by atoms with Gasteiger partial charge in [0.2, 0.25) is 0 Å². The molecule has 122 valence electrons. The van der Waals surface area contributed by atoms with Gasteiger partial charge in [0.1, 0.15) is 0 Å². The van der Waals surface area contributed by atoms with Crippen molar-refractivity contribution < 1.29 is 14.7 Å². The van der Waals surface area contributed by atoms with E-state index in [1.807, 2.05) is 4.90 Å². The van der Waals surface area contributed by atoms with Gasteiger partial charge >= 0.3 is 5.97 Å². The highest BCUT2D eigenvalue weighted by Gasteiger charge is 2.17. The monoisotopic (exact) mass is 317 g/mol. The average Bonchev–Trinajstić information content (AvgIpc) is 2.59. The number of aliphatic carboxylic acids is 1. The Balaban J connectivity index is 1.98. The van der Waals surface area contributed by atoms with Gasteiger partial charge in [0.25, 0.3) is 5.91 Å². The van der Waals surface area contributed by atoms with E-state index in [4.69, 9.17) is 10.6 Å². The van der Waals surface area contributed by atoms with E-state index in [0.717, 1.165) is 13.1 Å². The summed E-state index contributed by atoms with van der Waals surface area (Å²) in [6, 6.07) is 6.90. The van der Waals surface area contributed by atoms with E-state index < -0.39 is 5.97 Å².